The Morgan fingerprint density at radius 1 is 1.19 bits per heavy atom. The summed E-state index contributed by atoms with van der Waals surface area (Å²) in [6.45, 7) is 4.79. The summed E-state index contributed by atoms with van der Waals surface area (Å²) in [6, 6.07) is 7.72. The highest BCUT2D eigenvalue weighted by Gasteiger charge is 2.04. The van der Waals surface area contributed by atoms with Gasteiger partial charge < -0.3 is 10.1 Å². The van der Waals surface area contributed by atoms with E-state index in [4.69, 9.17) is 33.9 Å². The van der Waals surface area contributed by atoms with Crippen LogP contribution in [0.1, 0.15) is 24.8 Å². The van der Waals surface area contributed by atoms with Gasteiger partial charge in [0.1, 0.15) is 0 Å². The van der Waals surface area contributed by atoms with E-state index in [2.05, 4.69) is 29.9 Å². The smallest absolute Gasteiger partial charge is 0.394 e. The molecule has 1 aromatic carbocycles. The van der Waals surface area contributed by atoms with Crippen molar-refractivity contribution in [2.75, 3.05) is 25.4 Å². The van der Waals surface area contributed by atoms with Gasteiger partial charge in [0.15, 0.2) is 0 Å². The lowest BCUT2D eigenvalue weighted by molar-refractivity contribution is 0.294. The zero-order valence-electron chi connectivity index (χ0n) is 15.1. The number of nitrogens with one attached hydrogen (secondary N) is 1. The molecule has 0 aliphatic rings. The van der Waals surface area contributed by atoms with Crippen LogP contribution in [0.3, 0.4) is 0 Å². The van der Waals surface area contributed by atoms with E-state index in [0.29, 0.717) is 12.5 Å². The summed E-state index contributed by atoms with van der Waals surface area (Å²) in [4.78, 5) is 4.53. The summed E-state index contributed by atoms with van der Waals surface area (Å²) in [5.74, 6) is 1.59. The number of pyridine rings is 1. The molecule has 2 aromatic rings. The van der Waals surface area contributed by atoms with Crippen LogP contribution in [0.2, 0.25) is 5.02 Å². The Morgan fingerprint density at radius 2 is 1.89 bits per heavy atom. The summed E-state index contributed by atoms with van der Waals surface area (Å²) < 4.78 is 37.4. The van der Waals surface area contributed by atoms with Gasteiger partial charge in [0, 0.05) is 28.8 Å². The van der Waals surface area contributed by atoms with Crippen LogP contribution in [0.4, 0.5) is 0 Å². The van der Waals surface area contributed by atoms with E-state index in [0.717, 1.165) is 53.2 Å². The van der Waals surface area contributed by atoms with Gasteiger partial charge in [-0.2, -0.15) is 21.0 Å². The number of hydrogen-bond donors (Lipinski definition) is 4. The van der Waals surface area contributed by atoms with Gasteiger partial charge in [0.25, 0.3) is 0 Å². The van der Waals surface area contributed by atoms with E-state index in [-0.39, 0.29) is 0 Å². The Bertz CT molecular complexity index is 810. The number of unbranched alkanes of at least 4 members (excludes halogenated alkanes) is 2. The summed E-state index contributed by atoms with van der Waals surface area (Å²) in [7, 11) is -4.67. The highest BCUT2D eigenvalue weighted by Crippen LogP contribution is 2.24. The number of aryl methyl sites for hydroxylation is 1. The minimum absolute atomic E-state index is 0.695. The van der Waals surface area contributed by atoms with E-state index in [1.807, 2.05) is 24.3 Å². The van der Waals surface area contributed by atoms with E-state index in [9.17, 15) is 0 Å². The van der Waals surface area contributed by atoms with Gasteiger partial charge in [-0.15, -0.1) is 0 Å². The zero-order chi connectivity index (χ0) is 20.3. The second-order valence-corrected chi connectivity index (χ2v) is 7.55. The normalized spacial score (nSPS) is 11.1. The fourth-order valence-electron chi connectivity index (χ4n) is 2.32. The molecule has 0 aliphatic heterocycles. The molecule has 1 heterocycles. The molecule has 0 spiro atoms. The number of aromatic nitrogens is 1. The van der Waals surface area contributed by atoms with E-state index in [1.54, 1.807) is 0 Å². The number of nitrogens with zero attached hydrogens (tertiary/aromatic N) is 1. The van der Waals surface area contributed by atoms with Gasteiger partial charge in [0.05, 0.1) is 12.1 Å². The quantitative estimate of drug-likeness (QED) is 0.270. The monoisotopic (exact) mass is 436 g/mol. The first-order valence-corrected chi connectivity index (χ1v) is 10.8. The molecule has 0 fully saturated rings. The molecule has 0 unspecified atom stereocenters. The molecular formula is C17H25ClN2O5S2. The van der Waals surface area contributed by atoms with Crippen molar-refractivity contribution < 1.29 is 22.3 Å². The van der Waals surface area contributed by atoms with E-state index in [1.165, 1.54) is 6.42 Å². The maximum Gasteiger partial charge on any atom is 0.394 e. The van der Waals surface area contributed by atoms with Crippen LogP contribution in [-0.2, 0) is 10.4 Å². The summed E-state index contributed by atoms with van der Waals surface area (Å²) in [5.41, 5.74) is 2.06. The Morgan fingerprint density at radius 3 is 2.56 bits per heavy atom. The highest BCUT2D eigenvalue weighted by molar-refractivity contribution is 7.80. The van der Waals surface area contributed by atoms with Crippen molar-refractivity contribution in [3.63, 3.8) is 0 Å². The molecule has 152 valence electrons. The number of benzene rings is 1. The van der Waals surface area contributed by atoms with E-state index < -0.39 is 10.4 Å². The van der Waals surface area contributed by atoms with Crippen LogP contribution in [-0.4, -0.2) is 48.0 Å². The van der Waals surface area contributed by atoms with Crippen LogP contribution in [0.15, 0.2) is 24.3 Å². The van der Waals surface area contributed by atoms with Crippen molar-refractivity contribution >= 4 is 45.5 Å². The fourth-order valence-corrected chi connectivity index (χ4v) is 2.65. The lowest BCUT2D eigenvalue weighted by Gasteiger charge is -2.09. The highest BCUT2D eigenvalue weighted by atomic mass is 35.5. The van der Waals surface area contributed by atoms with Crippen molar-refractivity contribution in [2.45, 2.75) is 26.2 Å². The fraction of sp³-hybridized carbons (Fsp3) is 0.471. The molecule has 0 atom stereocenters. The third kappa shape index (κ3) is 11.4. The number of fused-ring (bicyclic) bond motifs is 1. The summed E-state index contributed by atoms with van der Waals surface area (Å²) in [5, 5.41) is 5.15. The van der Waals surface area contributed by atoms with Gasteiger partial charge in [-0.05, 0) is 56.5 Å². The first-order valence-electron chi connectivity index (χ1n) is 8.42. The minimum atomic E-state index is -4.67. The van der Waals surface area contributed by atoms with Crippen molar-refractivity contribution in [3.05, 3.63) is 34.9 Å². The first-order chi connectivity index (χ1) is 12.7. The van der Waals surface area contributed by atoms with Gasteiger partial charge in [-0.25, -0.2) is 4.98 Å². The number of hydrogen-bond acceptors (Lipinski definition) is 6. The SMILES string of the molecule is Cc1cc(OCCCCCNCCS)nc2ccc(Cl)cc12.O=S(=O)(O)O. The van der Waals surface area contributed by atoms with Crippen LogP contribution in [0.25, 0.3) is 10.9 Å². The van der Waals surface area contributed by atoms with Crippen molar-refractivity contribution in [2.24, 2.45) is 0 Å². The Kier molecular flexibility index (Phi) is 11.0. The molecule has 2 rings (SSSR count). The summed E-state index contributed by atoms with van der Waals surface area (Å²) in [6.07, 6.45) is 3.36. The number of rotatable bonds is 9. The minimum Gasteiger partial charge on any atom is -0.478 e. The second-order valence-electron chi connectivity index (χ2n) is 5.77. The standard InChI is InChI=1S/C17H23ClN2OS.H2O4S/c1-13-11-17(20-16-6-5-14(18)12-15(13)16)21-9-4-2-3-7-19-8-10-22;1-5(2,3)4/h5-6,11-12,19,22H,2-4,7-10H2,1H3;(H2,1,2,3,4). The maximum atomic E-state index is 8.74. The molecule has 10 heteroatoms. The van der Waals surface area contributed by atoms with Crippen molar-refractivity contribution in [3.8, 4) is 5.88 Å². The Labute approximate surface area is 170 Å². The Hall–Kier alpha value is -1.10. The van der Waals surface area contributed by atoms with Crippen molar-refractivity contribution in [1.82, 2.24) is 10.3 Å². The zero-order valence-corrected chi connectivity index (χ0v) is 17.5. The van der Waals surface area contributed by atoms with Gasteiger partial charge in [-0.3, -0.25) is 9.11 Å². The third-order valence-corrected chi connectivity index (χ3v) is 3.95. The topological polar surface area (TPSA) is 109 Å². The lowest BCUT2D eigenvalue weighted by Crippen LogP contribution is -2.17. The van der Waals surface area contributed by atoms with Gasteiger partial charge in [0.2, 0.25) is 5.88 Å². The van der Waals surface area contributed by atoms with Gasteiger partial charge >= 0.3 is 10.4 Å². The van der Waals surface area contributed by atoms with E-state index >= 15 is 0 Å². The van der Waals surface area contributed by atoms with Crippen molar-refractivity contribution in [1.29, 1.82) is 0 Å². The molecule has 3 N–H and O–H groups in total. The molecular weight excluding hydrogens is 412 g/mol. The number of ether oxygens (including phenoxy) is 1. The predicted molar refractivity (Wildman–Crippen MR) is 112 cm³/mol. The van der Waals surface area contributed by atoms with Crippen LogP contribution in [0.5, 0.6) is 5.88 Å². The molecule has 0 bridgehead atoms. The van der Waals surface area contributed by atoms with Crippen LogP contribution in [0, 0.1) is 6.92 Å². The number of halogens is 1. The molecule has 1 aromatic heterocycles. The summed E-state index contributed by atoms with van der Waals surface area (Å²) >= 11 is 10.2. The molecule has 0 saturated heterocycles. The van der Waals surface area contributed by atoms with Gasteiger partial charge in [-0.1, -0.05) is 11.6 Å². The maximum absolute atomic E-state index is 8.74. The van der Waals surface area contributed by atoms with Crippen LogP contribution >= 0.6 is 24.2 Å². The third-order valence-electron chi connectivity index (χ3n) is 3.49. The lowest BCUT2D eigenvalue weighted by atomic mass is 10.1. The largest absolute Gasteiger partial charge is 0.478 e. The molecule has 27 heavy (non-hydrogen) atoms. The molecule has 0 amide bonds. The first kappa shape index (κ1) is 23.9. The average Bonchev–Trinajstić information content (AvgIpc) is 2.56. The number of thiol groups is 1. The molecule has 7 nitrogen and oxygen atoms in total. The van der Waals surface area contributed by atoms with Crippen LogP contribution < -0.4 is 10.1 Å². The molecule has 0 aliphatic carbocycles. The average molecular weight is 437 g/mol. The Balaban J connectivity index is 0.000000646. The predicted octanol–water partition coefficient (Wildman–Crippen LogP) is 3.61. The second kappa shape index (κ2) is 12.4. The molecule has 0 saturated carbocycles. The molecule has 0 radical (unpaired) electrons.